The van der Waals surface area contributed by atoms with Crippen molar-refractivity contribution in [2.24, 2.45) is 5.92 Å². The molecule has 11 N–H and O–H groups in total. The Labute approximate surface area is 409 Å². The van der Waals surface area contributed by atoms with Gasteiger partial charge in [-0.3, -0.25) is 33.6 Å². The Morgan fingerprint density at radius 2 is 1.12 bits per heavy atom. The highest BCUT2D eigenvalue weighted by molar-refractivity contribution is 6.01. The number of aromatic nitrogens is 1. The number of rotatable bonds is 29. The second kappa shape index (κ2) is 27.4. The molecule has 1 heterocycles. The summed E-state index contributed by atoms with van der Waals surface area (Å²) in [6.45, 7) is -0.206. The van der Waals surface area contributed by atoms with E-state index in [1.165, 1.54) is 24.3 Å². The van der Waals surface area contributed by atoms with E-state index in [4.69, 9.17) is 5.11 Å². The summed E-state index contributed by atoms with van der Waals surface area (Å²) in [4.78, 5) is 139. The zero-order chi connectivity index (χ0) is 52.9. The third-order valence-corrected chi connectivity index (χ3v) is 11.0. The maximum absolute atomic E-state index is 13.6. The minimum Gasteiger partial charge on any atom is -0.481 e. The largest absolute Gasteiger partial charge is 0.481 e. The molecule has 382 valence electrons. The molecule has 5 atom stereocenters. The SMILES string of the molecule is O=C(O)CCC(NC(=O)NC(CCCCNC(=O)C(Cc1ccc2ccccc2c1)NC(=O)c1ccc(CNC(=O)C(CC(=O)CCC(NC(=O)c2ccnc([18F])c2)C(=O)O)C(=O)O)cc1)C(=O)O)C(=O)O. The average Bonchev–Trinajstić information content (AvgIpc) is 3.33. The van der Waals surface area contributed by atoms with Gasteiger partial charge in [-0.15, -0.1) is 0 Å². The smallest absolute Gasteiger partial charge is 0.326 e. The summed E-state index contributed by atoms with van der Waals surface area (Å²) < 4.78 is 13.4. The van der Waals surface area contributed by atoms with Gasteiger partial charge >= 0.3 is 35.9 Å². The maximum Gasteiger partial charge on any atom is 0.326 e. The quantitative estimate of drug-likeness (QED) is 0.0210. The minimum absolute atomic E-state index is 0.0254. The Hall–Kier alpha value is -8.83. The summed E-state index contributed by atoms with van der Waals surface area (Å²) in [5, 5.41) is 63.1. The van der Waals surface area contributed by atoms with Crippen molar-refractivity contribution in [1.82, 2.24) is 36.9 Å². The lowest BCUT2D eigenvalue weighted by atomic mass is 9.97. The van der Waals surface area contributed by atoms with Gasteiger partial charge in [-0.1, -0.05) is 54.6 Å². The number of Topliss-reactive ketones (excluding diaryl/α,β-unsaturated/α-hetero) is 1. The van der Waals surface area contributed by atoms with Crippen LogP contribution in [0.15, 0.2) is 85.1 Å². The molecule has 0 aliphatic heterocycles. The van der Waals surface area contributed by atoms with Crippen LogP contribution in [0.3, 0.4) is 0 Å². The molecule has 0 aliphatic carbocycles. The summed E-state index contributed by atoms with van der Waals surface area (Å²) in [5.41, 5.74) is 1.000. The molecule has 0 saturated carbocycles. The molecule has 72 heavy (non-hydrogen) atoms. The second-order valence-corrected chi connectivity index (χ2v) is 16.3. The zero-order valence-corrected chi connectivity index (χ0v) is 38.3. The van der Waals surface area contributed by atoms with Crippen LogP contribution in [-0.2, 0) is 51.3 Å². The number of aliphatic carboxylic acids is 5. The predicted octanol–water partition coefficient (Wildman–Crippen LogP) is 2.01. The fourth-order valence-electron chi connectivity index (χ4n) is 7.06. The van der Waals surface area contributed by atoms with E-state index in [1.807, 2.05) is 41.7 Å². The summed E-state index contributed by atoms with van der Waals surface area (Å²) in [6.07, 6.45) is -1.46. The molecule has 0 radical (unpaired) electrons. The molecule has 0 spiro atoms. The van der Waals surface area contributed by atoms with Crippen LogP contribution in [0.2, 0.25) is 0 Å². The van der Waals surface area contributed by atoms with Crippen LogP contribution in [0, 0.1) is 11.9 Å². The number of nitrogens with one attached hydrogen (secondary N) is 6. The van der Waals surface area contributed by atoms with Crippen molar-refractivity contribution in [3.05, 3.63) is 113 Å². The number of halogens is 1. The van der Waals surface area contributed by atoms with Crippen molar-refractivity contribution in [2.45, 2.75) is 88.5 Å². The maximum atomic E-state index is 13.6. The first-order valence-corrected chi connectivity index (χ1v) is 22.3. The highest BCUT2D eigenvalue weighted by Gasteiger charge is 2.31. The number of hydrogen-bond acceptors (Lipinski definition) is 12. The standard InChI is InChI=1S/C48H52FN7O16/c49-38-23-31(18-20-50-38)41(61)53-35(46(68)69)15-14-32(57)24-33(44(64)65)42(62)52-25-26-8-12-29(13-9-26)40(60)54-37(22-27-10-11-28-5-1-2-6-30(28)21-27)43(63)51-19-4-3-7-34(45(66)67)55-48(72)56-36(47(70)71)16-17-39(58)59/h1-2,5-6,8-13,18,20-21,23,33-37H,3-4,7,14-17,19,22,24-25H2,(H,51,63)(H,52,62)(H,53,61)(H,54,60)(H,58,59)(H,64,65)(H,66,67)(H,68,69)(H,70,71)(H2,55,56,72)/i49-1. The topological polar surface area (TPSA) is 374 Å². The molecule has 4 aromatic rings. The van der Waals surface area contributed by atoms with Crippen LogP contribution in [0.5, 0.6) is 0 Å². The van der Waals surface area contributed by atoms with Crippen molar-refractivity contribution in [3.8, 4) is 0 Å². The molecule has 5 unspecified atom stereocenters. The van der Waals surface area contributed by atoms with Crippen LogP contribution in [0.25, 0.3) is 10.8 Å². The van der Waals surface area contributed by atoms with Gasteiger partial charge in [0.25, 0.3) is 11.8 Å². The van der Waals surface area contributed by atoms with Crippen molar-refractivity contribution < 1.29 is 82.7 Å². The summed E-state index contributed by atoms with van der Waals surface area (Å²) >= 11 is 0. The van der Waals surface area contributed by atoms with E-state index in [-0.39, 0.29) is 49.9 Å². The monoisotopic (exact) mass is 1000 g/mol. The number of ketones is 1. The number of fused-ring (bicyclic) bond motifs is 1. The lowest BCUT2D eigenvalue weighted by molar-refractivity contribution is -0.149. The molecular formula is C48H52FN7O16. The third-order valence-electron chi connectivity index (χ3n) is 11.0. The van der Waals surface area contributed by atoms with Gasteiger partial charge in [0.15, 0.2) is 0 Å². The Kier molecular flexibility index (Phi) is 21.2. The lowest BCUT2D eigenvalue weighted by Gasteiger charge is -2.20. The van der Waals surface area contributed by atoms with Crippen LogP contribution in [-0.4, -0.2) is 127 Å². The molecule has 6 amide bonds. The summed E-state index contributed by atoms with van der Waals surface area (Å²) in [6, 6.07) is 13.8. The van der Waals surface area contributed by atoms with E-state index in [0.717, 1.165) is 29.1 Å². The van der Waals surface area contributed by atoms with Crippen molar-refractivity contribution in [1.29, 1.82) is 0 Å². The third kappa shape index (κ3) is 18.2. The van der Waals surface area contributed by atoms with Crippen molar-refractivity contribution >= 4 is 76.1 Å². The number of nitrogens with zero attached hydrogens (tertiary/aromatic N) is 1. The molecule has 23 nitrogen and oxygen atoms in total. The summed E-state index contributed by atoms with van der Waals surface area (Å²) in [5.74, 6) is -14.2. The van der Waals surface area contributed by atoms with Gasteiger partial charge in [0, 0.05) is 62.2 Å². The van der Waals surface area contributed by atoms with Crippen LogP contribution in [0.4, 0.5) is 9.18 Å². The first-order valence-electron chi connectivity index (χ1n) is 22.3. The van der Waals surface area contributed by atoms with E-state index in [0.29, 0.717) is 11.1 Å². The van der Waals surface area contributed by atoms with Gasteiger partial charge in [-0.05, 0) is 72.2 Å². The predicted molar refractivity (Wildman–Crippen MR) is 249 cm³/mol. The number of carbonyl (C=O) groups excluding carboxylic acids is 6. The van der Waals surface area contributed by atoms with E-state index < -0.39 is 133 Å². The number of amides is 6. The average molecular weight is 1000 g/mol. The van der Waals surface area contributed by atoms with Crippen LogP contribution in [0.1, 0.15) is 83.2 Å². The summed E-state index contributed by atoms with van der Waals surface area (Å²) in [7, 11) is 0. The van der Waals surface area contributed by atoms with E-state index in [9.17, 15) is 77.6 Å². The molecule has 0 fully saturated rings. The molecule has 4 rings (SSSR count). The Bertz CT molecular complexity index is 2670. The van der Waals surface area contributed by atoms with Gasteiger partial charge in [-0.25, -0.2) is 24.2 Å². The molecular weight excluding hydrogens is 949 g/mol. The first-order chi connectivity index (χ1) is 34.2. The van der Waals surface area contributed by atoms with Crippen LogP contribution >= 0.6 is 0 Å². The van der Waals surface area contributed by atoms with E-state index in [2.05, 4.69) is 31.6 Å². The van der Waals surface area contributed by atoms with Gasteiger partial charge in [-0.2, -0.15) is 4.39 Å². The molecule has 0 bridgehead atoms. The number of unbranched alkanes of at least 4 members (excludes halogenated alkanes) is 1. The Balaban J connectivity index is 1.32. The van der Waals surface area contributed by atoms with Gasteiger partial charge in [0.05, 0.1) is 0 Å². The van der Waals surface area contributed by atoms with Gasteiger partial charge in [0.2, 0.25) is 17.8 Å². The Morgan fingerprint density at radius 1 is 0.542 bits per heavy atom. The number of pyridine rings is 1. The van der Waals surface area contributed by atoms with Crippen LogP contribution < -0.4 is 31.9 Å². The highest BCUT2D eigenvalue weighted by Crippen LogP contribution is 2.18. The number of hydrogen-bond donors (Lipinski definition) is 11. The first kappa shape index (κ1) is 55.8. The fraction of sp³-hybridized carbons (Fsp3) is 0.333. The van der Waals surface area contributed by atoms with Gasteiger partial charge in [0.1, 0.15) is 35.9 Å². The number of carboxylic acids is 5. The minimum atomic E-state index is -1.86. The van der Waals surface area contributed by atoms with Crippen molar-refractivity contribution in [2.75, 3.05) is 6.54 Å². The zero-order valence-electron chi connectivity index (χ0n) is 38.3. The number of benzene rings is 3. The van der Waals surface area contributed by atoms with Gasteiger partial charge < -0.3 is 57.4 Å². The fourth-order valence-corrected chi connectivity index (χ4v) is 7.06. The number of carboxylic acid groups (broad SMARTS) is 5. The highest BCUT2D eigenvalue weighted by atomic mass is 18.2. The molecule has 24 heteroatoms. The normalized spacial score (nSPS) is 12.9. The van der Waals surface area contributed by atoms with E-state index in [1.54, 1.807) is 6.07 Å². The molecule has 1 aromatic heterocycles. The lowest BCUT2D eigenvalue weighted by Crippen LogP contribution is -2.51. The van der Waals surface area contributed by atoms with Crippen molar-refractivity contribution in [3.63, 3.8) is 0 Å². The Morgan fingerprint density at radius 3 is 1.75 bits per heavy atom. The second-order valence-electron chi connectivity index (χ2n) is 16.3. The number of urea groups is 1. The molecule has 0 saturated heterocycles. The number of carbonyl (C=O) groups is 11. The van der Waals surface area contributed by atoms with E-state index >= 15 is 0 Å². The molecule has 0 aliphatic rings. The molecule has 3 aromatic carbocycles.